The summed E-state index contributed by atoms with van der Waals surface area (Å²) < 4.78 is 26.2. The fraction of sp³-hybridized carbons (Fsp3) is 0.200. The molecule has 0 saturated carbocycles. The van der Waals surface area contributed by atoms with Gasteiger partial charge >= 0.3 is 5.97 Å². The van der Waals surface area contributed by atoms with E-state index in [1.54, 1.807) is 0 Å². The molecule has 92 valence electrons. The van der Waals surface area contributed by atoms with Gasteiger partial charge in [-0.1, -0.05) is 0 Å². The van der Waals surface area contributed by atoms with Crippen LogP contribution in [0, 0.1) is 11.6 Å². The highest BCUT2D eigenvalue weighted by molar-refractivity contribution is 5.96. The van der Waals surface area contributed by atoms with Gasteiger partial charge in [0.25, 0.3) is 0 Å². The molecule has 0 fully saturated rings. The number of rotatable bonds is 3. The molecule has 1 aromatic carbocycles. The molecule has 0 aliphatic rings. The molecule has 0 saturated heterocycles. The molecule has 0 spiro atoms. The number of hydrogen-bond acceptors (Lipinski definition) is 3. The summed E-state index contributed by atoms with van der Waals surface area (Å²) in [7, 11) is 0. The lowest BCUT2D eigenvalue weighted by Gasteiger charge is -2.09. The molecule has 7 heteroatoms. The highest BCUT2D eigenvalue weighted by Gasteiger charge is 2.17. The van der Waals surface area contributed by atoms with Crippen LogP contribution in [-0.4, -0.2) is 23.0 Å². The highest BCUT2D eigenvalue weighted by Crippen LogP contribution is 2.19. The van der Waals surface area contributed by atoms with E-state index >= 15 is 0 Å². The maximum Gasteiger partial charge on any atom is 0.338 e. The molecule has 17 heavy (non-hydrogen) atoms. The molecule has 0 heterocycles. The zero-order valence-corrected chi connectivity index (χ0v) is 8.83. The predicted molar refractivity (Wildman–Crippen MR) is 55.6 cm³/mol. The van der Waals surface area contributed by atoms with Gasteiger partial charge in [-0.15, -0.1) is 0 Å². The van der Waals surface area contributed by atoms with Crippen molar-refractivity contribution in [3.63, 3.8) is 0 Å². The van der Waals surface area contributed by atoms with E-state index in [2.05, 4.69) is 5.32 Å². The van der Waals surface area contributed by atoms with E-state index in [0.29, 0.717) is 12.1 Å². The summed E-state index contributed by atoms with van der Waals surface area (Å²) in [6.45, 7) is 1.37. The molecule has 1 aromatic rings. The minimum absolute atomic E-state index is 0.389. The zero-order chi connectivity index (χ0) is 13.2. The number of carboxylic acids is 1. The molecule has 0 aromatic heterocycles. The first-order valence-corrected chi connectivity index (χ1v) is 4.61. The highest BCUT2D eigenvalue weighted by atomic mass is 19.1. The lowest BCUT2D eigenvalue weighted by atomic mass is 10.1. The number of aromatic carboxylic acids is 1. The predicted octanol–water partition coefficient (Wildman–Crippen LogP) is 0.949. The SMILES string of the molecule is C[C@@H](N)C(=O)Nc1cc(C(=O)O)c(F)cc1F. The van der Waals surface area contributed by atoms with E-state index in [-0.39, 0.29) is 0 Å². The standard InChI is InChI=1S/C10H10F2N2O3/c1-4(13)9(15)14-8-2-5(10(16)17)6(11)3-7(8)12/h2-4H,13H2,1H3,(H,14,15)(H,16,17)/t4-/m1/s1. The Bertz CT molecular complexity index is 475. The van der Waals surface area contributed by atoms with Crippen molar-refractivity contribution < 1.29 is 23.5 Å². The maximum absolute atomic E-state index is 13.2. The van der Waals surface area contributed by atoms with Crippen LogP contribution in [0.2, 0.25) is 0 Å². The first-order valence-electron chi connectivity index (χ1n) is 4.61. The third-order valence-electron chi connectivity index (χ3n) is 1.96. The van der Waals surface area contributed by atoms with Crippen LogP contribution in [0.3, 0.4) is 0 Å². The molecule has 4 N–H and O–H groups in total. The Kier molecular flexibility index (Phi) is 3.74. The Morgan fingerprint density at radius 1 is 1.35 bits per heavy atom. The molecule has 0 aliphatic carbocycles. The first kappa shape index (κ1) is 13.0. The molecular weight excluding hydrogens is 234 g/mol. The summed E-state index contributed by atoms with van der Waals surface area (Å²) in [6.07, 6.45) is 0. The molecule has 1 atom stereocenters. The van der Waals surface area contributed by atoms with Crippen LogP contribution in [-0.2, 0) is 4.79 Å². The van der Waals surface area contributed by atoms with Crippen LogP contribution in [0.5, 0.6) is 0 Å². The Morgan fingerprint density at radius 3 is 2.41 bits per heavy atom. The summed E-state index contributed by atoms with van der Waals surface area (Å²) >= 11 is 0. The van der Waals surface area contributed by atoms with Gasteiger partial charge in [0.2, 0.25) is 5.91 Å². The molecule has 1 amide bonds. The van der Waals surface area contributed by atoms with Crippen LogP contribution in [0.4, 0.5) is 14.5 Å². The van der Waals surface area contributed by atoms with Gasteiger partial charge in [0.05, 0.1) is 17.3 Å². The largest absolute Gasteiger partial charge is 0.478 e. The smallest absolute Gasteiger partial charge is 0.338 e. The summed E-state index contributed by atoms with van der Waals surface area (Å²) in [4.78, 5) is 21.8. The maximum atomic E-state index is 13.2. The number of halogens is 2. The van der Waals surface area contributed by atoms with Gasteiger partial charge in [0.1, 0.15) is 11.6 Å². The second-order valence-electron chi connectivity index (χ2n) is 3.39. The van der Waals surface area contributed by atoms with Crippen molar-refractivity contribution in [1.82, 2.24) is 0 Å². The molecule has 0 bridgehead atoms. The molecule has 0 aliphatic heterocycles. The van der Waals surface area contributed by atoms with E-state index in [9.17, 15) is 18.4 Å². The second-order valence-corrected chi connectivity index (χ2v) is 3.39. The summed E-state index contributed by atoms with van der Waals surface area (Å²) in [5.41, 5.74) is 4.08. The number of carbonyl (C=O) groups is 2. The monoisotopic (exact) mass is 244 g/mol. The number of nitrogens with two attached hydrogens (primary N) is 1. The van der Waals surface area contributed by atoms with Crippen molar-refractivity contribution in [2.75, 3.05) is 5.32 Å². The van der Waals surface area contributed by atoms with E-state index in [1.807, 2.05) is 0 Å². The van der Waals surface area contributed by atoms with Crippen LogP contribution < -0.4 is 11.1 Å². The Labute approximate surface area is 95.2 Å². The van der Waals surface area contributed by atoms with Gasteiger partial charge in [-0.3, -0.25) is 4.79 Å². The zero-order valence-electron chi connectivity index (χ0n) is 8.83. The van der Waals surface area contributed by atoms with Gasteiger partial charge in [0, 0.05) is 6.07 Å². The quantitative estimate of drug-likeness (QED) is 0.738. The number of hydrogen-bond donors (Lipinski definition) is 3. The van der Waals surface area contributed by atoms with E-state index in [0.717, 1.165) is 0 Å². The third kappa shape index (κ3) is 2.97. The fourth-order valence-corrected chi connectivity index (χ4v) is 1.06. The van der Waals surface area contributed by atoms with Gasteiger partial charge < -0.3 is 16.2 Å². The molecular formula is C10H10F2N2O3. The number of carboxylic acid groups (broad SMARTS) is 1. The number of carbonyl (C=O) groups excluding carboxylic acids is 1. The minimum atomic E-state index is -1.56. The lowest BCUT2D eigenvalue weighted by molar-refractivity contribution is -0.117. The van der Waals surface area contributed by atoms with Crippen LogP contribution in [0.1, 0.15) is 17.3 Å². The molecule has 0 unspecified atom stereocenters. The third-order valence-corrected chi connectivity index (χ3v) is 1.96. The Balaban J connectivity index is 3.12. The van der Waals surface area contributed by atoms with Gasteiger partial charge in [-0.05, 0) is 13.0 Å². The molecule has 1 rings (SSSR count). The average molecular weight is 244 g/mol. The molecule has 0 radical (unpaired) electrons. The van der Waals surface area contributed by atoms with E-state index in [4.69, 9.17) is 10.8 Å². The Hall–Kier alpha value is -2.02. The van der Waals surface area contributed by atoms with Gasteiger partial charge in [-0.25, -0.2) is 13.6 Å². The van der Waals surface area contributed by atoms with E-state index in [1.165, 1.54) is 6.92 Å². The number of benzene rings is 1. The summed E-state index contributed by atoms with van der Waals surface area (Å²) in [5.74, 6) is -4.54. The fourth-order valence-electron chi connectivity index (χ4n) is 1.06. The lowest BCUT2D eigenvalue weighted by Crippen LogP contribution is -2.32. The second kappa shape index (κ2) is 4.88. The number of anilines is 1. The number of nitrogens with one attached hydrogen (secondary N) is 1. The first-order chi connectivity index (χ1) is 7.82. The van der Waals surface area contributed by atoms with Crippen molar-refractivity contribution in [2.45, 2.75) is 13.0 Å². The molecule has 5 nitrogen and oxygen atoms in total. The normalized spacial score (nSPS) is 12.0. The minimum Gasteiger partial charge on any atom is -0.478 e. The van der Waals surface area contributed by atoms with Crippen molar-refractivity contribution in [1.29, 1.82) is 0 Å². The van der Waals surface area contributed by atoms with Crippen molar-refractivity contribution in [3.8, 4) is 0 Å². The van der Waals surface area contributed by atoms with Crippen LogP contribution >= 0.6 is 0 Å². The number of amides is 1. The average Bonchev–Trinajstić information content (AvgIpc) is 2.21. The van der Waals surface area contributed by atoms with Crippen molar-refractivity contribution >= 4 is 17.6 Å². The summed E-state index contributed by atoms with van der Waals surface area (Å²) in [6, 6.07) is 0.195. The van der Waals surface area contributed by atoms with Crippen molar-refractivity contribution in [3.05, 3.63) is 29.3 Å². The van der Waals surface area contributed by atoms with Crippen LogP contribution in [0.25, 0.3) is 0 Å². The van der Waals surface area contributed by atoms with Gasteiger partial charge in [0.15, 0.2) is 0 Å². The van der Waals surface area contributed by atoms with Crippen LogP contribution in [0.15, 0.2) is 12.1 Å². The van der Waals surface area contributed by atoms with Gasteiger partial charge in [-0.2, -0.15) is 0 Å². The van der Waals surface area contributed by atoms with Crippen molar-refractivity contribution in [2.24, 2.45) is 5.73 Å². The Morgan fingerprint density at radius 2 is 1.94 bits per heavy atom. The van der Waals surface area contributed by atoms with E-state index < -0.39 is 40.8 Å². The summed E-state index contributed by atoms with van der Waals surface area (Å²) in [5, 5.41) is 10.7. The topological polar surface area (TPSA) is 92.4 Å².